The van der Waals surface area contributed by atoms with Crippen molar-refractivity contribution >= 4 is 11.9 Å². The summed E-state index contributed by atoms with van der Waals surface area (Å²) in [4.78, 5) is 26.7. The second-order valence-electron chi connectivity index (χ2n) is 6.92. The van der Waals surface area contributed by atoms with Crippen LogP contribution in [0.3, 0.4) is 0 Å². The fourth-order valence-electron chi connectivity index (χ4n) is 2.93. The smallest absolute Gasteiger partial charge is 0.332 e. The van der Waals surface area contributed by atoms with Crippen LogP contribution in [-0.2, 0) is 24.8 Å². The molecule has 0 unspecified atom stereocenters. The molecular formula is C20H31N3O5. The molecule has 1 aliphatic rings. The Morgan fingerprint density at radius 2 is 2.00 bits per heavy atom. The maximum Gasteiger partial charge on any atom is 0.332 e. The van der Waals surface area contributed by atoms with E-state index < -0.39 is 23.6 Å². The molecule has 156 valence electrons. The monoisotopic (exact) mass is 393 g/mol. The number of amides is 1. The van der Waals surface area contributed by atoms with Crippen molar-refractivity contribution in [2.75, 3.05) is 39.5 Å². The second kappa shape index (κ2) is 11.1. The van der Waals surface area contributed by atoms with Gasteiger partial charge in [0.15, 0.2) is 11.8 Å². The number of hydrogen-bond donors (Lipinski definition) is 3. The van der Waals surface area contributed by atoms with Gasteiger partial charge in [-0.15, -0.1) is 0 Å². The van der Waals surface area contributed by atoms with Crippen molar-refractivity contribution < 1.29 is 24.2 Å². The molecule has 2 atom stereocenters. The van der Waals surface area contributed by atoms with Gasteiger partial charge in [-0.3, -0.25) is 9.69 Å². The molecule has 1 heterocycles. The fourth-order valence-corrected chi connectivity index (χ4v) is 2.93. The molecule has 1 aromatic carbocycles. The van der Waals surface area contributed by atoms with Crippen molar-refractivity contribution in [1.29, 1.82) is 0 Å². The Labute approximate surface area is 166 Å². The van der Waals surface area contributed by atoms with Gasteiger partial charge >= 0.3 is 5.97 Å². The first-order valence-electron chi connectivity index (χ1n) is 9.78. The third kappa shape index (κ3) is 6.56. The van der Waals surface area contributed by atoms with Crippen molar-refractivity contribution in [3.63, 3.8) is 0 Å². The Morgan fingerprint density at radius 1 is 1.32 bits per heavy atom. The lowest BCUT2D eigenvalue weighted by molar-refractivity contribution is -0.150. The number of carbonyl (C=O) groups excluding carboxylic acids is 2. The van der Waals surface area contributed by atoms with Gasteiger partial charge in [-0.05, 0) is 6.42 Å². The summed E-state index contributed by atoms with van der Waals surface area (Å²) >= 11 is 0. The van der Waals surface area contributed by atoms with Crippen molar-refractivity contribution in [2.45, 2.75) is 38.0 Å². The third-order valence-electron chi connectivity index (χ3n) is 4.75. The summed E-state index contributed by atoms with van der Waals surface area (Å²) in [6.07, 6.45) is 1.82. The Balaban J connectivity index is 2.04. The van der Waals surface area contributed by atoms with Crippen LogP contribution in [0.15, 0.2) is 30.3 Å². The summed E-state index contributed by atoms with van der Waals surface area (Å²) < 4.78 is 10.3. The zero-order valence-electron chi connectivity index (χ0n) is 16.4. The number of esters is 1. The van der Waals surface area contributed by atoms with E-state index in [4.69, 9.17) is 15.2 Å². The van der Waals surface area contributed by atoms with Crippen molar-refractivity contribution in [2.24, 2.45) is 5.73 Å². The zero-order chi connectivity index (χ0) is 20.4. The first kappa shape index (κ1) is 22.3. The topological polar surface area (TPSA) is 114 Å². The Bertz CT molecular complexity index is 622. The molecule has 0 radical (unpaired) electrons. The van der Waals surface area contributed by atoms with Crippen LogP contribution >= 0.6 is 0 Å². The second-order valence-corrected chi connectivity index (χ2v) is 6.92. The number of benzene rings is 1. The molecule has 1 fully saturated rings. The van der Waals surface area contributed by atoms with Crippen LogP contribution in [0.25, 0.3) is 0 Å². The number of nitrogens with two attached hydrogens (primary N) is 1. The van der Waals surface area contributed by atoms with Gasteiger partial charge in [0.2, 0.25) is 0 Å². The summed E-state index contributed by atoms with van der Waals surface area (Å²) in [6, 6.07) is 7.34. The van der Waals surface area contributed by atoms with E-state index in [0.717, 1.165) is 19.5 Å². The molecule has 0 saturated carbocycles. The normalized spacial score (nSPS) is 18.1. The minimum Gasteiger partial charge on any atom is -0.464 e. The van der Waals surface area contributed by atoms with Crippen molar-refractivity contribution in [1.82, 2.24) is 10.2 Å². The number of rotatable bonds is 10. The van der Waals surface area contributed by atoms with Gasteiger partial charge in [0.25, 0.3) is 5.91 Å². The summed E-state index contributed by atoms with van der Waals surface area (Å²) in [5.41, 5.74) is 4.63. The lowest BCUT2D eigenvalue weighted by atomic mass is 9.98. The first-order chi connectivity index (χ1) is 13.5. The highest BCUT2D eigenvalue weighted by Crippen LogP contribution is 2.23. The number of morpholine rings is 1. The average Bonchev–Trinajstić information content (AvgIpc) is 2.73. The van der Waals surface area contributed by atoms with Crippen LogP contribution in [0, 0.1) is 0 Å². The Kier molecular flexibility index (Phi) is 8.85. The highest BCUT2D eigenvalue weighted by Gasteiger charge is 2.35. The average molecular weight is 393 g/mol. The minimum atomic E-state index is -1.64. The van der Waals surface area contributed by atoms with Gasteiger partial charge in [-0.25, -0.2) is 4.79 Å². The van der Waals surface area contributed by atoms with Crippen LogP contribution in [0.2, 0.25) is 0 Å². The largest absolute Gasteiger partial charge is 0.464 e. The number of nitrogens with zero attached hydrogens (tertiary/aromatic N) is 1. The molecular weight excluding hydrogens is 362 g/mol. The maximum absolute atomic E-state index is 12.5. The number of unbranched alkanes of at least 4 members (excludes halogenated alkanes) is 1. The number of carbonyl (C=O) groups is 2. The van der Waals surface area contributed by atoms with E-state index in [1.807, 2.05) is 13.0 Å². The minimum absolute atomic E-state index is 0.219. The van der Waals surface area contributed by atoms with Crippen LogP contribution in [0.5, 0.6) is 0 Å². The standard InChI is InChI=1S/C20H31N3O5/c1-2-3-13-28-19(25)17(21)18(24)22-20(26,16-7-5-4-6-8-16)9-10-23-11-14-27-15-12-23/h4-8,17,26H,2-3,9-15,21H2,1H3,(H,22,24)/t17-,20-/m0/s1. The van der Waals surface area contributed by atoms with E-state index in [1.165, 1.54) is 0 Å². The highest BCUT2D eigenvalue weighted by atomic mass is 16.5. The molecule has 1 saturated heterocycles. The molecule has 1 aromatic rings. The number of nitrogens with one attached hydrogen (secondary N) is 1. The molecule has 0 bridgehead atoms. The van der Waals surface area contributed by atoms with E-state index in [-0.39, 0.29) is 13.0 Å². The van der Waals surface area contributed by atoms with E-state index in [1.54, 1.807) is 24.3 Å². The molecule has 28 heavy (non-hydrogen) atoms. The van der Waals surface area contributed by atoms with Gasteiger partial charge in [0.05, 0.1) is 19.8 Å². The van der Waals surface area contributed by atoms with Crippen LogP contribution in [0.1, 0.15) is 31.7 Å². The first-order valence-corrected chi connectivity index (χ1v) is 9.78. The van der Waals surface area contributed by atoms with Crippen LogP contribution < -0.4 is 11.1 Å². The molecule has 4 N–H and O–H groups in total. The van der Waals surface area contributed by atoms with Gasteiger partial charge in [-0.1, -0.05) is 43.7 Å². The third-order valence-corrected chi connectivity index (χ3v) is 4.75. The molecule has 2 rings (SSSR count). The molecule has 0 aromatic heterocycles. The summed E-state index contributed by atoms with van der Waals surface area (Å²) in [7, 11) is 0. The van der Waals surface area contributed by atoms with E-state index in [2.05, 4.69) is 10.2 Å². The predicted octanol–water partition coefficient (Wildman–Crippen LogP) is 0.341. The summed E-state index contributed by atoms with van der Waals surface area (Å²) in [5, 5.41) is 13.8. The lowest BCUT2D eigenvalue weighted by Crippen LogP contribution is -2.55. The summed E-state index contributed by atoms with van der Waals surface area (Å²) in [6.45, 7) is 5.57. The van der Waals surface area contributed by atoms with Crippen molar-refractivity contribution in [3.8, 4) is 0 Å². The van der Waals surface area contributed by atoms with Gasteiger partial charge < -0.3 is 25.6 Å². The van der Waals surface area contributed by atoms with Crippen molar-refractivity contribution in [3.05, 3.63) is 35.9 Å². The maximum atomic E-state index is 12.5. The zero-order valence-corrected chi connectivity index (χ0v) is 16.4. The molecule has 8 heteroatoms. The molecule has 0 aliphatic carbocycles. The molecule has 1 aliphatic heterocycles. The highest BCUT2D eigenvalue weighted by molar-refractivity contribution is 6.01. The SMILES string of the molecule is CCCCOC(=O)[C@@H](N)C(=O)N[C@](O)(CCN1CCOCC1)c1ccccc1. The van der Waals surface area contributed by atoms with E-state index >= 15 is 0 Å². The quantitative estimate of drug-likeness (QED) is 0.227. The molecule has 8 nitrogen and oxygen atoms in total. The van der Waals surface area contributed by atoms with Gasteiger partial charge in [-0.2, -0.15) is 0 Å². The molecule has 1 amide bonds. The van der Waals surface area contributed by atoms with Gasteiger partial charge in [0.1, 0.15) is 0 Å². The lowest BCUT2D eigenvalue weighted by Gasteiger charge is -2.34. The van der Waals surface area contributed by atoms with Crippen LogP contribution in [-0.4, -0.2) is 67.4 Å². The van der Waals surface area contributed by atoms with E-state index in [9.17, 15) is 14.7 Å². The van der Waals surface area contributed by atoms with E-state index in [0.29, 0.717) is 31.7 Å². The fraction of sp³-hybridized carbons (Fsp3) is 0.600. The number of ether oxygens (including phenoxy) is 2. The Morgan fingerprint density at radius 3 is 2.64 bits per heavy atom. The number of aliphatic hydroxyl groups is 1. The molecule has 0 spiro atoms. The van der Waals surface area contributed by atoms with Crippen LogP contribution in [0.4, 0.5) is 0 Å². The Hall–Kier alpha value is -2.00. The predicted molar refractivity (Wildman–Crippen MR) is 104 cm³/mol. The van der Waals surface area contributed by atoms with Gasteiger partial charge in [0, 0.05) is 31.6 Å². The summed E-state index contributed by atoms with van der Waals surface area (Å²) in [5.74, 6) is -1.57. The number of hydrogen-bond acceptors (Lipinski definition) is 7.